The zero-order chi connectivity index (χ0) is 26.0. The van der Waals surface area contributed by atoms with Gasteiger partial charge >= 0.3 is 22.5 Å². The van der Waals surface area contributed by atoms with Crippen LogP contribution in [0.15, 0.2) is 119 Å². The molecule has 0 bridgehead atoms. The van der Waals surface area contributed by atoms with Gasteiger partial charge in [0.25, 0.3) is 0 Å². The molecule has 5 heteroatoms. The molecule has 0 amide bonds. The van der Waals surface area contributed by atoms with Crippen LogP contribution in [0.5, 0.6) is 0 Å². The molecule has 2 atom stereocenters. The fraction of sp³-hybridized carbons (Fsp3) is 0.188. The second kappa shape index (κ2) is 13.0. The second-order valence-electron chi connectivity index (χ2n) is 9.15. The van der Waals surface area contributed by atoms with Gasteiger partial charge in [0.15, 0.2) is 0 Å². The van der Waals surface area contributed by atoms with Gasteiger partial charge in [0, 0.05) is 47.2 Å². The van der Waals surface area contributed by atoms with Gasteiger partial charge < -0.3 is 0 Å². The van der Waals surface area contributed by atoms with Crippen LogP contribution in [-0.4, -0.2) is 24.5 Å². The van der Waals surface area contributed by atoms with Crippen LogP contribution < -0.4 is 0 Å². The molecule has 2 aliphatic heterocycles. The van der Waals surface area contributed by atoms with Crippen molar-refractivity contribution < 1.29 is 22.5 Å². The van der Waals surface area contributed by atoms with Gasteiger partial charge in [0.1, 0.15) is 0 Å². The van der Waals surface area contributed by atoms with E-state index < -0.39 is 14.8 Å². The molecule has 6 rings (SSSR count). The van der Waals surface area contributed by atoms with Gasteiger partial charge in [-0.3, -0.25) is 9.98 Å². The van der Waals surface area contributed by atoms with Crippen molar-refractivity contribution in [3.05, 3.63) is 143 Å². The van der Waals surface area contributed by atoms with E-state index in [1.807, 2.05) is 12.1 Å². The average Bonchev–Trinajstić information content (AvgIpc) is 2.96. The van der Waals surface area contributed by atoms with Crippen molar-refractivity contribution in [1.29, 1.82) is 0 Å². The summed E-state index contributed by atoms with van der Waals surface area (Å²) in [5.74, 6) is 1.05. The summed E-state index contributed by atoms with van der Waals surface area (Å²) in [5.41, 5.74) is 10.1. The summed E-state index contributed by atoms with van der Waals surface area (Å²) < 4.78 is 16.8. The number of nitrogens with zero attached hydrogens (tertiary/aromatic N) is 2. The van der Waals surface area contributed by atoms with Crippen molar-refractivity contribution >= 4 is 11.4 Å². The van der Waals surface area contributed by atoms with Crippen LogP contribution in [0.2, 0.25) is 0 Å². The number of fused-ring (bicyclic) bond motifs is 2. The van der Waals surface area contributed by atoms with Crippen LogP contribution in [0.3, 0.4) is 0 Å². The minimum atomic E-state index is -1.44. The summed E-state index contributed by atoms with van der Waals surface area (Å²) in [7, 11) is 0. The Kier molecular flexibility index (Phi) is 9.31. The first kappa shape index (κ1) is 26.4. The van der Waals surface area contributed by atoms with Gasteiger partial charge in [0.05, 0.1) is 11.4 Å². The summed E-state index contributed by atoms with van der Waals surface area (Å²) >= 11 is -1.44. The molecule has 0 aromatic heterocycles. The first-order valence-electron chi connectivity index (χ1n) is 12.4. The fourth-order valence-corrected chi connectivity index (χ4v) is 4.79. The van der Waals surface area contributed by atoms with E-state index in [0.717, 1.165) is 24.5 Å². The molecule has 0 spiro atoms. The molecule has 0 saturated carbocycles. The maximum atomic E-state index is 8.41. The van der Waals surface area contributed by atoms with Crippen molar-refractivity contribution in [2.75, 3.05) is 13.1 Å². The molecule has 4 nitrogen and oxygen atoms in total. The number of aliphatic imine (C=N–C) groups is 2. The Labute approximate surface area is 224 Å². The molecule has 0 aliphatic carbocycles. The summed E-state index contributed by atoms with van der Waals surface area (Å²) in [4.78, 5) is 9.48. The Balaban J connectivity index is 0.000000157. The molecule has 0 radical (unpaired) electrons. The summed E-state index contributed by atoms with van der Waals surface area (Å²) in [6.45, 7) is 6.26. The molecule has 0 fully saturated rings. The Bertz CT molecular complexity index is 1320. The van der Waals surface area contributed by atoms with Gasteiger partial charge in [-0.05, 0) is 11.1 Å². The van der Waals surface area contributed by atoms with Crippen LogP contribution >= 0.6 is 0 Å². The van der Waals surface area contributed by atoms with Gasteiger partial charge in [0.2, 0.25) is 0 Å². The molecule has 2 aliphatic rings. The molecule has 2 heterocycles. The monoisotopic (exact) mass is 529 g/mol. The van der Waals surface area contributed by atoms with Crippen LogP contribution in [0.25, 0.3) is 0 Å². The Morgan fingerprint density at radius 3 is 1.24 bits per heavy atom. The summed E-state index contributed by atoms with van der Waals surface area (Å²) in [6.07, 6.45) is 0. The molecule has 4 aromatic rings. The van der Waals surface area contributed by atoms with E-state index in [-0.39, 0.29) is 0 Å². The van der Waals surface area contributed by atoms with Gasteiger partial charge in [-0.25, -0.2) is 0 Å². The van der Waals surface area contributed by atoms with E-state index in [0.29, 0.717) is 11.8 Å². The van der Waals surface area contributed by atoms with E-state index in [9.17, 15) is 0 Å². The Hall–Kier alpha value is -3.66. The van der Waals surface area contributed by atoms with Crippen molar-refractivity contribution in [1.82, 2.24) is 0 Å². The quantitative estimate of drug-likeness (QED) is 0.262. The first-order valence-corrected chi connectivity index (χ1v) is 13.4. The number of rotatable bonds is 2. The predicted molar refractivity (Wildman–Crippen MR) is 145 cm³/mol. The average molecular weight is 530 g/mol. The molecule has 4 aromatic carbocycles. The van der Waals surface area contributed by atoms with Crippen LogP contribution in [0, 0.1) is 0 Å². The molecule has 0 N–H and O–H groups in total. The maximum absolute atomic E-state index is 8.41. The zero-order valence-electron chi connectivity index (χ0n) is 21.1. The Morgan fingerprint density at radius 2 is 0.865 bits per heavy atom. The standard InChI is InChI=1S/2C16H15N.Mn.2O/c2*1-12-11-17-16(13-7-3-2-4-8-13)15-10-6-5-9-14(12)15;;;/h2*2-10,12H,11H2,1H3;;;. The second-order valence-corrected chi connectivity index (χ2v) is 9.35. The summed E-state index contributed by atoms with van der Waals surface area (Å²) in [5, 5.41) is 0. The predicted octanol–water partition coefficient (Wildman–Crippen LogP) is 7.04. The number of hydrogen-bond acceptors (Lipinski definition) is 4. The van der Waals surface area contributed by atoms with Gasteiger partial charge in [-0.15, -0.1) is 0 Å². The molecular formula is C32H30MnN2O2. The molecule has 2 unspecified atom stereocenters. The van der Waals surface area contributed by atoms with Crippen LogP contribution in [0.1, 0.15) is 59.1 Å². The van der Waals surface area contributed by atoms with E-state index in [4.69, 9.17) is 17.7 Å². The van der Waals surface area contributed by atoms with Gasteiger partial charge in [-0.2, -0.15) is 0 Å². The van der Waals surface area contributed by atoms with E-state index >= 15 is 0 Å². The molecule has 37 heavy (non-hydrogen) atoms. The van der Waals surface area contributed by atoms with E-state index in [1.54, 1.807) is 0 Å². The zero-order valence-corrected chi connectivity index (χ0v) is 22.2. The van der Waals surface area contributed by atoms with E-state index in [2.05, 4.69) is 111 Å². The topological polar surface area (TPSA) is 58.9 Å². The normalized spacial score (nSPS) is 17.2. The van der Waals surface area contributed by atoms with Gasteiger partial charge in [-0.1, -0.05) is 123 Å². The fourth-order valence-electron chi connectivity index (χ4n) is 4.79. The molecular weight excluding hydrogens is 499 g/mol. The molecule has 0 saturated heterocycles. The molecule has 187 valence electrons. The number of hydrogen-bond donors (Lipinski definition) is 0. The van der Waals surface area contributed by atoms with Crippen molar-refractivity contribution in [3.63, 3.8) is 0 Å². The van der Waals surface area contributed by atoms with Crippen LogP contribution in [0.4, 0.5) is 0 Å². The third kappa shape index (κ3) is 6.37. The summed E-state index contributed by atoms with van der Waals surface area (Å²) in [6, 6.07) is 38.1. The number of benzene rings is 4. The first-order chi connectivity index (χ1) is 18.1. The third-order valence-corrected chi connectivity index (χ3v) is 6.63. The van der Waals surface area contributed by atoms with Crippen molar-refractivity contribution in [2.24, 2.45) is 9.98 Å². The Morgan fingerprint density at radius 1 is 0.541 bits per heavy atom. The SMILES string of the molecule is CC1CN=C(c2ccccc2)c2ccccc21.CC1CN=C(c2ccccc2)c2ccccc21.[O]=[Mn]=[O]. The minimum absolute atomic E-state index is 0.527. The van der Waals surface area contributed by atoms with Crippen molar-refractivity contribution in [2.45, 2.75) is 25.7 Å². The van der Waals surface area contributed by atoms with E-state index in [1.165, 1.54) is 33.4 Å². The third-order valence-electron chi connectivity index (χ3n) is 6.63. The van der Waals surface area contributed by atoms with Crippen molar-refractivity contribution in [3.8, 4) is 0 Å². The van der Waals surface area contributed by atoms with Crippen LogP contribution in [-0.2, 0) is 22.5 Å².